The Morgan fingerprint density at radius 3 is 2.79 bits per heavy atom. The number of carbonyl (C=O) groups is 1. The summed E-state index contributed by atoms with van der Waals surface area (Å²) in [6, 6.07) is 8.28. The molecule has 2 rings (SSSR count). The summed E-state index contributed by atoms with van der Waals surface area (Å²) in [7, 11) is 5.88. The Morgan fingerprint density at radius 2 is 2.07 bits per heavy atom. The van der Waals surface area contributed by atoms with Gasteiger partial charge < -0.3 is 14.5 Å². The molecule has 1 fully saturated rings. The minimum Gasteiger partial charge on any atom is -0.496 e. The Labute approximate surface area is 175 Å². The summed E-state index contributed by atoms with van der Waals surface area (Å²) in [6.07, 6.45) is 5.11. The second-order valence-corrected chi connectivity index (χ2v) is 8.93. The lowest BCUT2D eigenvalue weighted by Gasteiger charge is -2.36. The highest BCUT2D eigenvalue weighted by Gasteiger charge is 2.24. The molecular weight excluding hydrogens is 370 g/mol. The number of carbonyl (C=O) groups excluding carboxylic acids is 1. The number of benzene rings is 1. The second-order valence-electron chi connectivity index (χ2n) is 7.94. The molecule has 1 aliphatic heterocycles. The van der Waals surface area contributed by atoms with Crippen molar-refractivity contribution < 1.29 is 9.53 Å². The largest absolute Gasteiger partial charge is 0.496 e. The predicted molar refractivity (Wildman–Crippen MR) is 119 cm³/mol. The van der Waals surface area contributed by atoms with Gasteiger partial charge in [0.2, 0.25) is 5.91 Å². The van der Waals surface area contributed by atoms with E-state index in [2.05, 4.69) is 47.2 Å². The molecule has 1 amide bonds. The number of piperidine rings is 1. The van der Waals surface area contributed by atoms with Crippen LogP contribution in [-0.4, -0.2) is 86.5 Å². The lowest BCUT2D eigenvalue weighted by Crippen LogP contribution is -2.44. The van der Waals surface area contributed by atoms with E-state index in [0.29, 0.717) is 18.2 Å². The van der Waals surface area contributed by atoms with Gasteiger partial charge in [0.15, 0.2) is 0 Å². The topological polar surface area (TPSA) is 36.0 Å². The molecule has 1 saturated heterocycles. The van der Waals surface area contributed by atoms with E-state index in [9.17, 15) is 4.79 Å². The molecule has 0 aromatic heterocycles. The molecule has 0 radical (unpaired) electrons. The zero-order chi connectivity index (χ0) is 20.4. The number of likely N-dealkylation sites (N-methyl/N-ethyl adjacent to an activating group) is 1. The van der Waals surface area contributed by atoms with E-state index in [0.717, 1.165) is 50.8 Å². The van der Waals surface area contributed by atoms with Crippen molar-refractivity contribution in [3.05, 3.63) is 29.8 Å². The van der Waals surface area contributed by atoms with Gasteiger partial charge in [0.25, 0.3) is 0 Å². The van der Waals surface area contributed by atoms with E-state index >= 15 is 0 Å². The fraction of sp³-hybridized carbons (Fsp3) is 0.682. The Bertz CT molecular complexity index is 597. The fourth-order valence-corrected chi connectivity index (χ4v) is 4.19. The molecule has 158 valence electrons. The van der Waals surface area contributed by atoms with Crippen LogP contribution in [0, 0.1) is 5.92 Å². The van der Waals surface area contributed by atoms with E-state index in [1.54, 1.807) is 18.9 Å². The van der Waals surface area contributed by atoms with Crippen LogP contribution in [0.15, 0.2) is 24.3 Å². The van der Waals surface area contributed by atoms with Crippen LogP contribution in [0.5, 0.6) is 5.75 Å². The number of para-hydroxylation sites is 1. The zero-order valence-electron chi connectivity index (χ0n) is 18.0. The SMILES string of the molecule is COc1ccccc1CN1CCC[C@H](CN(CCN(C)C)C(=O)CCSC)C1. The third-order valence-corrected chi connectivity index (χ3v) is 5.97. The van der Waals surface area contributed by atoms with Gasteiger partial charge in [-0.2, -0.15) is 11.8 Å². The molecule has 1 aromatic rings. The number of methoxy groups -OCH3 is 1. The van der Waals surface area contributed by atoms with Crippen LogP contribution >= 0.6 is 11.8 Å². The van der Waals surface area contributed by atoms with Gasteiger partial charge >= 0.3 is 0 Å². The molecule has 1 aliphatic rings. The molecule has 0 aliphatic carbocycles. The molecule has 6 heteroatoms. The van der Waals surface area contributed by atoms with E-state index in [1.165, 1.54) is 18.4 Å². The molecule has 1 aromatic carbocycles. The van der Waals surface area contributed by atoms with Crippen molar-refractivity contribution in [3.8, 4) is 5.75 Å². The summed E-state index contributed by atoms with van der Waals surface area (Å²) in [5.74, 6) is 2.72. The van der Waals surface area contributed by atoms with Crippen LogP contribution in [0.2, 0.25) is 0 Å². The van der Waals surface area contributed by atoms with Crippen molar-refractivity contribution in [2.45, 2.75) is 25.8 Å². The molecule has 0 N–H and O–H groups in total. The number of hydrogen-bond donors (Lipinski definition) is 0. The molecule has 0 spiro atoms. The van der Waals surface area contributed by atoms with Gasteiger partial charge in [-0.1, -0.05) is 18.2 Å². The van der Waals surface area contributed by atoms with Gasteiger partial charge in [-0.25, -0.2) is 0 Å². The maximum atomic E-state index is 12.7. The number of rotatable bonds is 11. The standard InChI is InChI=1S/C22H37N3O2S/c1-23(2)13-14-25(22(26)11-15-28-4)17-19-8-7-12-24(16-19)18-20-9-5-6-10-21(20)27-3/h5-6,9-10,19H,7-8,11-18H2,1-4H3/t19-/m0/s1. The Balaban J connectivity index is 1.95. The molecule has 0 bridgehead atoms. The van der Waals surface area contributed by atoms with Crippen molar-refractivity contribution in [1.82, 2.24) is 14.7 Å². The molecule has 28 heavy (non-hydrogen) atoms. The van der Waals surface area contributed by atoms with Gasteiger partial charge in [-0.15, -0.1) is 0 Å². The van der Waals surface area contributed by atoms with Gasteiger partial charge in [0.1, 0.15) is 5.75 Å². The third kappa shape index (κ3) is 7.64. The van der Waals surface area contributed by atoms with Crippen LogP contribution in [0.25, 0.3) is 0 Å². The van der Waals surface area contributed by atoms with Crippen LogP contribution in [0.3, 0.4) is 0 Å². The van der Waals surface area contributed by atoms with Crippen molar-refractivity contribution in [2.24, 2.45) is 5.92 Å². The quantitative estimate of drug-likeness (QED) is 0.563. The van der Waals surface area contributed by atoms with Gasteiger partial charge in [0, 0.05) is 50.5 Å². The fourth-order valence-electron chi connectivity index (χ4n) is 3.82. The molecule has 0 unspecified atom stereocenters. The maximum Gasteiger partial charge on any atom is 0.223 e. The first-order valence-electron chi connectivity index (χ1n) is 10.3. The highest BCUT2D eigenvalue weighted by atomic mass is 32.2. The second kappa shape index (κ2) is 12.3. The van der Waals surface area contributed by atoms with E-state index < -0.39 is 0 Å². The molecule has 5 nitrogen and oxygen atoms in total. The Morgan fingerprint density at radius 1 is 1.29 bits per heavy atom. The first-order valence-corrected chi connectivity index (χ1v) is 11.7. The highest BCUT2D eigenvalue weighted by Crippen LogP contribution is 2.24. The van der Waals surface area contributed by atoms with Gasteiger partial charge in [-0.05, 0) is 51.7 Å². The summed E-state index contributed by atoms with van der Waals surface area (Å²) >= 11 is 1.74. The average Bonchev–Trinajstić information content (AvgIpc) is 2.69. The molecule has 1 atom stereocenters. The average molecular weight is 408 g/mol. The number of ether oxygens (including phenoxy) is 1. The summed E-state index contributed by atoms with van der Waals surface area (Å²) in [4.78, 5) is 19.5. The monoisotopic (exact) mass is 407 g/mol. The summed E-state index contributed by atoms with van der Waals surface area (Å²) < 4.78 is 5.52. The van der Waals surface area contributed by atoms with Crippen molar-refractivity contribution in [3.63, 3.8) is 0 Å². The van der Waals surface area contributed by atoms with Crippen LogP contribution in [-0.2, 0) is 11.3 Å². The molecule has 1 heterocycles. The van der Waals surface area contributed by atoms with E-state index in [1.807, 2.05) is 12.1 Å². The first-order chi connectivity index (χ1) is 13.5. The van der Waals surface area contributed by atoms with Crippen molar-refractivity contribution in [1.29, 1.82) is 0 Å². The normalized spacial score (nSPS) is 17.7. The number of likely N-dealkylation sites (tertiary alicyclic amines) is 1. The third-order valence-electron chi connectivity index (χ3n) is 5.36. The van der Waals surface area contributed by atoms with Gasteiger partial charge in [0.05, 0.1) is 7.11 Å². The number of amides is 1. The van der Waals surface area contributed by atoms with Crippen molar-refractivity contribution >= 4 is 17.7 Å². The maximum absolute atomic E-state index is 12.7. The lowest BCUT2D eigenvalue weighted by molar-refractivity contribution is -0.131. The van der Waals surface area contributed by atoms with E-state index in [4.69, 9.17) is 4.74 Å². The Hall–Kier alpha value is -1.24. The Kier molecular flexibility index (Phi) is 10.2. The highest BCUT2D eigenvalue weighted by molar-refractivity contribution is 7.98. The number of thioether (sulfide) groups is 1. The smallest absolute Gasteiger partial charge is 0.223 e. The zero-order valence-corrected chi connectivity index (χ0v) is 18.8. The molecular formula is C22H37N3O2S. The van der Waals surface area contributed by atoms with Crippen LogP contribution in [0.1, 0.15) is 24.8 Å². The number of nitrogens with zero attached hydrogens (tertiary/aromatic N) is 3. The predicted octanol–water partition coefficient (Wildman–Crippen LogP) is 3.05. The van der Waals surface area contributed by atoms with Crippen LogP contribution in [0.4, 0.5) is 0 Å². The summed E-state index contributed by atoms with van der Waals surface area (Å²) in [6.45, 7) is 5.70. The minimum absolute atomic E-state index is 0.304. The van der Waals surface area contributed by atoms with E-state index in [-0.39, 0.29) is 0 Å². The van der Waals surface area contributed by atoms with Crippen molar-refractivity contribution in [2.75, 3.05) is 65.9 Å². The number of hydrogen-bond acceptors (Lipinski definition) is 5. The molecule has 0 saturated carbocycles. The summed E-state index contributed by atoms with van der Waals surface area (Å²) in [5, 5.41) is 0. The summed E-state index contributed by atoms with van der Waals surface area (Å²) in [5.41, 5.74) is 1.24. The van der Waals surface area contributed by atoms with Gasteiger partial charge in [-0.3, -0.25) is 9.69 Å². The minimum atomic E-state index is 0.304. The first kappa shape index (κ1) is 23.0. The van der Waals surface area contributed by atoms with Crippen LogP contribution < -0.4 is 4.74 Å². The lowest BCUT2D eigenvalue weighted by atomic mass is 9.96.